The van der Waals surface area contributed by atoms with Gasteiger partial charge in [-0.2, -0.15) is 9.78 Å². The fraction of sp³-hybridized carbons (Fsp3) is 0.333. The maximum atomic E-state index is 12.3. The monoisotopic (exact) mass is 470 g/mol. The van der Waals surface area contributed by atoms with Gasteiger partial charge in [0.1, 0.15) is 9.30 Å². The first kappa shape index (κ1) is 18.3. The van der Waals surface area contributed by atoms with Crippen molar-refractivity contribution in [3.63, 3.8) is 0 Å². The highest BCUT2D eigenvalue weighted by atomic mass is 127. The largest absolute Gasteiger partial charge is 0.442 e. The number of nitrogens with zero attached hydrogens (tertiary/aromatic N) is 2. The summed E-state index contributed by atoms with van der Waals surface area (Å²) in [5, 5.41) is 4.30. The zero-order valence-electron chi connectivity index (χ0n) is 14.3. The SMILES string of the molecule is CC(C)(C)OC(=O)n1nc(I)c2sc(COCc3ccccc3)cc21. The third-order valence-electron chi connectivity index (χ3n) is 3.29. The molecule has 1 aromatic carbocycles. The number of carbonyl (C=O) groups is 1. The molecule has 0 radical (unpaired) electrons. The van der Waals surface area contributed by atoms with E-state index >= 15 is 0 Å². The molecular formula is C18H19IN2O3S. The standard InChI is InChI=1S/C18H19IN2O3S/c1-18(2,3)24-17(22)21-14-9-13(25-15(14)16(19)20-21)11-23-10-12-7-5-4-6-8-12/h4-9H,10-11H2,1-3H3. The van der Waals surface area contributed by atoms with Gasteiger partial charge >= 0.3 is 6.09 Å². The molecule has 0 fully saturated rings. The molecule has 0 N–H and O–H groups in total. The predicted octanol–water partition coefficient (Wildman–Crippen LogP) is 5.20. The summed E-state index contributed by atoms with van der Waals surface area (Å²) >= 11 is 3.73. The van der Waals surface area contributed by atoms with E-state index in [1.165, 1.54) is 4.68 Å². The van der Waals surface area contributed by atoms with Gasteiger partial charge in [-0.1, -0.05) is 30.3 Å². The van der Waals surface area contributed by atoms with Gasteiger partial charge in [0.05, 0.1) is 23.4 Å². The summed E-state index contributed by atoms with van der Waals surface area (Å²) in [6, 6.07) is 12.0. The lowest BCUT2D eigenvalue weighted by atomic mass is 10.2. The lowest BCUT2D eigenvalue weighted by Gasteiger charge is -2.18. The van der Waals surface area contributed by atoms with Crippen LogP contribution in [0.1, 0.15) is 31.2 Å². The van der Waals surface area contributed by atoms with Gasteiger partial charge in [0.15, 0.2) is 0 Å². The molecule has 0 unspecified atom stereocenters. The van der Waals surface area contributed by atoms with Crippen LogP contribution >= 0.6 is 33.9 Å². The van der Waals surface area contributed by atoms with Crippen molar-refractivity contribution < 1.29 is 14.3 Å². The minimum absolute atomic E-state index is 0.463. The second-order valence-electron chi connectivity index (χ2n) is 6.59. The maximum absolute atomic E-state index is 12.3. The molecule has 2 aromatic heterocycles. The first-order chi connectivity index (χ1) is 11.8. The van der Waals surface area contributed by atoms with Crippen molar-refractivity contribution in [1.82, 2.24) is 9.78 Å². The molecule has 0 aliphatic rings. The van der Waals surface area contributed by atoms with Gasteiger partial charge in [0.25, 0.3) is 0 Å². The van der Waals surface area contributed by atoms with Crippen molar-refractivity contribution in [2.45, 2.75) is 39.6 Å². The molecule has 132 valence electrons. The van der Waals surface area contributed by atoms with E-state index in [-0.39, 0.29) is 0 Å². The summed E-state index contributed by atoms with van der Waals surface area (Å²) in [7, 11) is 0. The van der Waals surface area contributed by atoms with Gasteiger partial charge < -0.3 is 9.47 Å². The maximum Gasteiger partial charge on any atom is 0.435 e. The minimum Gasteiger partial charge on any atom is -0.442 e. The van der Waals surface area contributed by atoms with Crippen molar-refractivity contribution in [2.24, 2.45) is 0 Å². The van der Waals surface area contributed by atoms with Crippen LogP contribution in [0, 0.1) is 3.70 Å². The number of hydrogen-bond donors (Lipinski definition) is 0. The van der Waals surface area contributed by atoms with Crippen molar-refractivity contribution in [1.29, 1.82) is 0 Å². The Labute approximate surface area is 164 Å². The quantitative estimate of drug-likeness (QED) is 0.492. The van der Waals surface area contributed by atoms with Gasteiger partial charge in [-0.25, -0.2) is 4.79 Å². The first-order valence-electron chi connectivity index (χ1n) is 7.85. The average molecular weight is 470 g/mol. The molecule has 0 aliphatic carbocycles. The smallest absolute Gasteiger partial charge is 0.435 e. The second-order valence-corrected chi connectivity index (χ2v) is 8.75. The Morgan fingerprint density at radius 2 is 1.96 bits per heavy atom. The number of carbonyl (C=O) groups excluding carboxylic acids is 1. The number of fused-ring (bicyclic) bond motifs is 1. The second kappa shape index (κ2) is 7.43. The number of hydrogen-bond acceptors (Lipinski definition) is 5. The molecule has 2 heterocycles. The highest BCUT2D eigenvalue weighted by Gasteiger charge is 2.23. The third-order valence-corrected chi connectivity index (χ3v) is 5.51. The highest BCUT2D eigenvalue weighted by molar-refractivity contribution is 14.1. The van der Waals surface area contributed by atoms with Crippen molar-refractivity contribution in [3.05, 3.63) is 50.5 Å². The fourth-order valence-electron chi connectivity index (χ4n) is 2.28. The third kappa shape index (κ3) is 4.59. The topological polar surface area (TPSA) is 53.4 Å². The van der Waals surface area contributed by atoms with E-state index in [0.717, 1.165) is 24.4 Å². The van der Waals surface area contributed by atoms with Crippen LogP contribution < -0.4 is 0 Å². The van der Waals surface area contributed by atoms with Gasteiger partial charge in [-0.3, -0.25) is 0 Å². The fourth-order valence-corrected chi connectivity index (χ4v) is 4.05. The number of benzene rings is 1. The molecule has 0 saturated carbocycles. The van der Waals surface area contributed by atoms with Crippen LogP contribution in [0.2, 0.25) is 0 Å². The molecule has 3 rings (SSSR count). The van der Waals surface area contributed by atoms with Crippen LogP contribution in [-0.4, -0.2) is 21.5 Å². The van der Waals surface area contributed by atoms with Crippen LogP contribution in [-0.2, 0) is 22.7 Å². The molecule has 0 saturated heterocycles. The molecule has 0 spiro atoms. The normalized spacial score (nSPS) is 11.8. The number of ether oxygens (including phenoxy) is 2. The summed E-state index contributed by atoms with van der Waals surface area (Å²) in [5.74, 6) is 0. The van der Waals surface area contributed by atoms with Gasteiger partial charge in [0, 0.05) is 4.88 Å². The number of rotatable bonds is 4. The molecule has 3 aromatic rings. The molecule has 5 nitrogen and oxygen atoms in total. The summed E-state index contributed by atoms with van der Waals surface area (Å²) in [6.07, 6.45) is -0.463. The lowest BCUT2D eigenvalue weighted by Crippen LogP contribution is -2.27. The first-order valence-corrected chi connectivity index (χ1v) is 9.75. The zero-order valence-corrected chi connectivity index (χ0v) is 17.3. The summed E-state index contributed by atoms with van der Waals surface area (Å²) in [6.45, 7) is 6.58. The minimum atomic E-state index is -0.557. The number of thiophene rings is 1. The van der Waals surface area contributed by atoms with Crippen molar-refractivity contribution in [2.75, 3.05) is 0 Å². The van der Waals surface area contributed by atoms with Crippen LogP contribution in [0.25, 0.3) is 10.2 Å². The summed E-state index contributed by atoms with van der Waals surface area (Å²) < 4.78 is 14.3. The average Bonchev–Trinajstić information content (AvgIpc) is 3.07. The van der Waals surface area contributed by atoms with Crippen molar-refractivity contribution in [3.8, 4) is 0 Å². The highest BCUT2D eigenvalue weighted by Crippen LogP contribution is 2.30. The van der Waals surface area contributed by atoms with Crippen LogP contribution in [0.15, 0.2) is 36.4 Å². The van der Waals surface area contributed by atoms with E-state index in [4.69, 9.17) is 9.47 Å². The van der Waals surface area contributed by atoms with E-state index < -0.39 is 11.7 Å². The predicted molar refractivity (Wildman–Crippen MR) is 107 cm³/mol. The molecule has 25 heavy (non-hydrogen) atoms. The van der Waals surface area contributed by atoms with Gasteiger partial charge in [-0.05, 0) is 55.0 Å². The van der Waals surface area contributed by atoms with E-state index in [0.29, 0.717) is 13.2 Å². The van der Waals surface area contributed by atoms with Gasteiger partial charge in [0.2, 0.25) is 0 Å². The Morgan fingerprint density at radius 1 is 1.24 bits per heavy atom. The molecule has 0 bridgehead atoms. The van der Waals surface area contributed by atoms with E-state index in [1.54, 1.807) is 11.3 Å². The summed E-state index contributed by atoms with van der Waals surface area (Å²) in [5.41, 5.74) is 1.35. The van der Waals surface area contributed by atoms with E-state index in [9.17, 15) is 4.79 Å². The Morgan fingerprint density at radius 3 is 2.64 bits per heavy atom. The van der Waals surface area contributed by atoms with E-state index in [1.807, 2.05) is 57.2 Å². The molecule has 7 heteroatoms. The lowest BCUT2D eigenvalue weighted by molar-refractivity contribution is 0.0522. The molecular weight excluding hydrogens is 451 g/mol. The molecule has 0 aliphatic heterocycles. The van der Waals surface area contributed by atoms with Crippen LogP contribution in [0.3, 0.4) is 0 Å². The summed E-state index contributed by atoms with van der Waals surface area (Å²) in [4.78, 5) is 13.4. The Hall–Kier alpha value is -1.45. The van der Waals surface area contributed by atoms with Crippen molar-refractivity contribution >= 4 is 50.2 Å². The molecule has 0 atom stereocenters. The Balaban J connectivity index is 1.73. The Kier molecular flexibility index (Phi) is 5.45. The number of halogens is 1. The van der Waals surface area contributed by atoms with E-state index in [2.05, 4.69) is 27.7 Å². The Bertz CT molecular complexity index is 881. The van der Waals surface area contributed by atoms with Crippen LogP contribution in [0.4, 0.5) is 4.79 Å². The van der Waals surface area contributed by atoms with Gasteiger partial charge in [-0.15, -0.1) is 11.3 Å². The zero-order chi connectivity index (χ0) is 18.0. The van der Waals surface area contributed by atoms with Crippen LogP contribution in [0.5, 0.6) is 0 Å². The molecule has 0 amide bonds. The number of aromatic nitrogens is 2.